The second kappa shape index (κ2) is 8.67. The summed E-state index contributed by atoms with van der Waals surface area (Å²) in [5.41, 5.74) is 4.52. The lowest BCUT2D eigenvalue weighted by Gasteiger charge is -2.39. The molecule has 0 radical (unpaired) electrons. The second-order valence-electron chi connectivity index (χ2n) is 6.85. The molecule has 1 atom stereocenters. The van der Waals surface area contributed by atoms with E-state index in [-0.39, 0.29) is 12.6 Å². The largest absolute Gasteiger partial charge is 0.396 e. The quantitative estimate of drug-likeness (QED) is 0.598. The van der Waals surface area contributed by atoms with E-state index in [1.54, 1.807) is 6.20 Å². The fraction of sp³-hybridized carbons (Fsp3) is 0.217. The van der Waals surface area contributed by atoms with Crippen LogP contribution in [-0.2, 0) is 6.42 Å². The zero-order valence-corrected chi connectivity index (χ0v) is 17.1. The Hall–Kier alpha value is -2.50. The fourth-order valence-electron chi connectivity index (χ4n) is 3.69. The normalized spacial score (nSPS) is 15.9. The number of aliphatic hydroxyl groups excluding tert-OH is 1. The molecular formula is C23H22BrN3O. The molecule has 1 unspecified atom stereocenters. The van der Waals surface area contributed by atoms with Crippen LogP contribution >= 0.6 is 15.9 Å². The molecule has 1 aliphatic heterocycles. The molecule has 4 nitrogen and oxygen atoms in total. The van der Waals surface area contributed by atoms with Crippen molar-refractivity contribution in [3.63, 3.8) is 0 Å². The van der Waals surface area contributed by atoms with Crippen molar-refractivity contribution in [3.8, 4) is 0 Å². The highest BCUT2D eigenvalue weighted by Gasteiger charge is 2.31. The van der Waals surface area contributed by atoms with Gasteiger partial charge in [0.05, 0.1) is 11.7 Å². The zero-order chi connectivity index (χ0) is 19.3. The Morgan fingerprint density at radius 2 is 1.89 bits per heavy atom. The molecule has 1 aliphatic rings. The molecule has 2 aromatic carbocycles. The summed E-state index contributed by atoms with van der Waals surface area (Å²) < 4.78 is 1.04. The summed E-state index contributed by atoms with van der Waals surface area (Å²) in [7, 11) is 0. The van der Waals surface area contributed by atoms with E-state index >= 15 is 0 Å². The first-order chi connectivity index (χ1) is 13.8. The van der Waals surface area contributed by atoms with Gasteiger partial charge in [-0.2, -0.15) is 0 Å². The van der Waals surface area contributed by atoms with Crippen LogP contribution in [0.4, 0.5) is 5.69 Å². The van der Waals surface area contributed by atoms with Crippen LogP contribution in [-0.4, -0.2) is 34.0 Å². The summed E-state index contributed by atoms with van der Waals surface area (Å²) in [6.45, 7) is 0.893. The third kappa shape index (κ3) is 4.01. The molecule has 0 saturated heterocycles. The van der Waals surface area contributed by atoms with Gasteiger partial charge in [-0.15, -0.1) is 0 Å². The molecule has 3 aromatic rings. The van der Waals surface area contributed by atoms with Gasteiger partial charge < -0.3 is 10.0 Å². The number of fused-ring (bicyclic) bond motifs is 1. The van der Waals surface area contributed by atoms with Crippen molar-refractivity contribution in [2.24, 2.45) is 4.99 Å². The number of hydrogen-bond donors (Lipinski definition) is 1. The number of aromatic nitrogens is 1. The number of benzene rings is 2. The van der Waals surface area contributed by atoms with Gasteiger partial charge in [0, 0.05) is 42.0 Å². The predicted molar refractivity (Wildman–Crippen MR) is 116 cm³/mol. The van der Waals surface area contributed by atoms with Gasteiger partial charge in [0.15, 0.2) is 0 Å². The first-order valence-electron chi connectivity index (χ1n) is 9.44. The lowest BCUT2D eigenvalue weighted by atomic mass is 9.93. The van der Waals surface area contributed by atoms with E-state index in [0.717, 1.165) is 28.1 Å². The highest BCUT2D eigenvalue weighted by atomic mass is 79.9. The number of aliphatic hydroxyl groups is 1. The standard InChI is InChI=1S/C23H22BrN3O/c24-19-9-10-21-20(15-19)23(18-7-2-1-3-8-18)27(12-5-13-28)22(26-21)14-17-6-4-11-25-16-17/h1-4,6-11,15-16,23,28H,5,12-14H2. The Labute approximate surface area is 173 Å². The van der Waals surface area contributed by atoms with Crippen molar-refractivity contribution >= 4 is 27.5 Å². The van der Waals surface area contributed by atoms with Crippen molar-refractivity contribution in [1.29, 1.82) is 0 Å². The Balaban J connectivity index is 1.82. The fourth-order valence-corrected chi connectivity index (χ4v) is 4.07. The molecular weight excluding hydrogens is 414 g/mol. The Morgan fingerprint density at radius 3 is 2.64 bits per heavy atom. The van der Waals surface area contributed by atoms with Crippen molar-refractivity contribution < 1.29 is 5.11 Å². The predicted octanol–water partition coefficient (Wildman–Crippen LogP) is 4.90. The van der Waals surface area contributed by atoms with Crippen molar-refractivity contribution in [2.75, 3.05) is 13.2 Å². The number of pyridine rings is 1. The highest BCUT2D eigenvalue weighted by molar-refractivity contribution is 9.10. The van der Waals surface area contributed by atoms with Gasteiger partial charge in [-0.1, -0.05) is 52.3 Å². The van der Waals surface area contributed by atoms with Crippen LogP contribution in [0, 0.1) is 0 Å². The summed E-state index contributed by atoms with van der Waals surface area (Å²) in [5, 5.41) is 9.49. The van der Waals surface area contributed by atoms with E-state index in [0.29, 0.717) is 12.8 Å². The van der Waals surface area contributed by atoms with Crippen LogP contribution < -0.4 is 0 Å². The molecule has 0 aliphatic carbocycles. The van der Waals surface area contributed by atoms with E-state index < -0.39 is 0 Å². The van der Waals surface area contributed by atoms with E-state index in [1.165, 1.54) is 11.1 Å². The Kier molecular flexibility index (Phi) is 5.84. The zero-order valence-electron chi connectivity index (χ0n) is 15.5. The number of hydrogen-bond acceptors (Lipinski definition) is 4. The molecule has 0 saturated carbocycles. The van der Waals surface area contributed by atoms with Crippen LogP contribution in [0.5, 0.6) is 0 Å². The van der Waals surface area contributed by atoms with Gasteiger partial charge in [0.2, 0.25) is 0 Å². The molecule has 142 valence electrons. The maximum Gasteiger partial charge on any atom is 0.110 e. The Bertz CT molecular complexity index is 960. The maximum atomic E-state index is 9.49. The molecule has 1 N–H and O–H groups in total. The van der Waals surface area contributed by atoms with E-state index in [9.17, 15) is 5.11 Å². The minimum Gasteiger partial charge on any atom is -0.396 e. The third-order valence-corrected chi connectivity index (χ3v) is 5.43. The van der Waals surface area contributed by atoms with Crippen LogP contribution in [0.1, 0.15) is 29.2 Å². The van der Waals surface area contributed by atoms with Crippen LogP contribution in [0.2, 0.25) is 0 Å². The monoisotopic (exact) mass is 435 g/mol. The summed E-state index contributed by atoms with van der Waals surface area (Å²) >= 11 is 3.62. The minimum absolute atomic E-state index is 0.0596. The average Bonchev–Trinajstić information content (AvgIpc) is 2.73. The molecule has 0 spiro atoms. The van der Waals surface area contributed by atoms with Gasteiger partial charge in [-0.25, -0.2) is 4.99 Å². The van der Waals surface area contributed by atoms with Crippen molar-refractivity contribution in [2.45, 2.75) is 18.9 Å². The van der Waals surface area contributed by atoms with E-state index in [4.69, 9.17) is 4.99 Å². The lowest BCUT2D eigenvalue weighted by Crippen LogP contribution is -2.40. The lowest BCUT2D eigenvalue weighted by molar-refractivity contribution is 0.253. The van der Waals surface area contributed by atoms with Crippen molar-refractivity contribution in [3.05, 3.63) is 94.2 Å². The molecule has 0 fully saturated rings. The number of amidine groups is 1. The third-order valence-electron chi connectivity index (χ3n) is 4.93. The summed E-state index contributed by atoms with van der Waals surface area (Å²) in [6.07, 6.45) is 5.08. The first kappa shape index (κ1) is 18.8. The molecule has 0 bridgehead atoms. The average molecular weight is 436 g/mol. The van der Waals surface area contributed by atoms with Gasteiger partial charge >= 0.3 is 0 Å². The maximum absolute atomic E-state index is 9.49. The van der Waals surface area contributed by atoms with E-state index in [2.05, 4.69) is 68.3 Å². The molecule has 28 heavy (non-hydrogen) atoms. The smallest absolute Gasteiger partial charge is 0.110 e. The van der Waals surface area contributed by atoms with Crippen LogP contribution in [0.15, 0.2) is 82.5 Å². The summed E-state index contributed by atoms with van der Waals surface area (Å²) in [5.74, 6) is 1.00. The second-order valence-corrected chi connectivity index (χ2v) is 7.77. The summed E-state index contributed by atoms with van der Waals surface area (Å²) in [4.78, 5) is 11.6. The number of nitrogens with zero attached hydrogens (tertiary/aromatic N) is 3. The van der Waals surface area contributed by atoms with Crippen molar-refractivity contribution in [1.82, 2.24) is 9.88 Å². The number of rotatable bonds is 6. The Morgan fingerprint density at radius 1 is 1.04 bits per heavy atom. The van der Waals surface area contributed by atoms with Gasteiger partial charge in [-0.05, 0) is 41.8 Å². The number of aliphatic imine (C=N–C) groups is 1. The van der Waals surface area contributed by atoms with Gasteiger partial charge in [0.25, 0.3) is 0 Å². The van der Waals surface area contributed by atoms with Crippen LogP contribution in [0.25, 0.3) is 0 Å². The van der Waals surface area contributed by atoms with Gasteiger partial charge in [0.1, 0.15) is 5.84 Å². The molecule has 0 amide bonds. The summed E-state index contributed by atoms with van der Waals surface area (Å²) in [6, 6.07) is 20.9. The topological polar surface area (TPSA) is 48.7 Å². The molecule has 4 rings (SSSR count). The number of halogens is 1. The molecule has 1 aromatic heterocycles. The van der Waals surface area contributed by atoms with Crippen LogP contribution in [0.3, 0.4) is 0 Å². The SMILES string of the molecule is OCCCN1C(Cc2cccnc2)=Nc2ccc(Br)cc2C1c1ccccc1. The van der Waals surface area contributed by atoms with E-state index in [1.807, 2.05) is 24.4 Å². The molecule has 2 heterocycles. The molecule has 5 heteroatoms. The first-order valence-corrected chi connectivity index (χ1v) is 10.2. The minimum atomic E-state index is 0.0596. The highest BCUT2D eigenvalue weighted by Crippen LogP contribution is 2.41. The van der Waals surface area contributed by atoms with Gasteiger partial charge in [-0.3, -0.25) is 4.98 Å².